The minimum Gasteiger partial charge on any atom is -0.550 e. The Bertz CT molecular complexity index is 349. The van der Waals surface area contributed by atoms with Crippen molar-refractivity contribution in [1.29, 1.82) is 0 Å². The molecule has 0 unspecified atom stereocenters. The van der Waals surface area contributed by atoms with Gasteiger partial charge in [0.15, 0.2) is 0 Å². The Kier molecular flexibility index (Phi) is 33.9. The van der Waals surface area contributed by atoms with Crippen molar-refractivity contribution in [2.24, 2.45) is 11.5 Å². The summed E-state index contributed by atoms with van der Waals surface area (Å²) in [5.41, 5.74) is 9.90. The Hall–Kier alpha value is -0.120. The molecule has 0 aromatic carbocycles. The number of hydrogen-bond acceptors (Lipinski definition) is 6. The van der Waals surface area contributed by atoms with Gasteiger partial charge in [0.2, 0.25) is 11.8 Å². The van der Waals surface area contributed by atoms with E-state index in [1.165, 1.54) is 0 Å². The third-order valence-corrected chi connectivity index (χ3v) is 3.61. The second kappa shape index (κ2) is 26.9. The van der Waals surface area contributed by atoms with Crippen molar-refractivity contribution < 1.29 is 88.5 Å². The molecule has 10 heteroatoms. The zero-order valence-electron chi connectivity index (χ0n) is 17.5. The van der Waals surface area contributed by atoms with Gasteiger partial charge >= 0.3 is 59.1 Å². The van der Waals surface area contributed by atoms with Crippen molar-refractivity contribution in [3.05, 3.63) is 0 Å². The minimum atomic E-state index is -0.989. The quantitative estimate of drug-likeness (QED) is 0.187. The number of nitrogens with two attached hydrogens (primary N) is 2. The predicted octanol–water partition coefficient (Wildman–Crippen LogP) is -6.09. The number of carbonyl (C=O) groups is 4. The van der Waals surface area contributed by atoms with Crippen LogP contribution in [-0.4, -0.2) is 23.8 Å². The van der Waals surface area contributed by atoms with Crippen LogP contribution in [0.5, 0.6) is 0 Å². The Balaban J connectivity index is -0.000000192. The molecule has 152 valence electrons. The van der Waals surface area contributed by atoms with Gasteiger partial charge in [-0.15, -0.1) is 0 Å². The third kappa shape index (κ3) is 40.5. The Labute approximate surface area is 212 Å². The van der Waals surface area contributed by atoms with Crippen LogP contribution in [0.2, 0.25) is 0 Å². The molecule has 8 nitrogen and oxygen atoms in total. The fourth-order valence-electron chi connectivity index (χ4n) is 2.20. The Morgan fingerprint density at radius 2 is 0.679 bits per heavy atom. The van der Waals surface area contributed by atoms with Crippen molar-refractivity contribution >= 4 is 23.8 Å². The summed E-state index contributed by atoms with van der Waals surface area (Å²) in [7, 11) is 0. The Morgan fingerprint density at radius 1 is 0.464 bits per heavy atom. The zero-order valence-corrected chi connectivity index (χ0v) is 21.5. The maximum absolute atomic E-state index is 10.3. The molecule has 2 amide bonds. The van der Waals surface area contributed by atoms with E-state index < -0.39 is 11.9 Å². The molecule has 0 aliphatic heterocycles. The van der Waals surface area contributed by atoms with Crippen LogP contribution in [0.25, 0.3) is 0 Å². The molecule has 0 aromatic heterocycles. The summed E-state index contributed by atoms with van der Waals surface area (Å²) in [6.07, 6.45) is 9.64. The van der Waals surface area contributed by atoms with Crippen LogP contribution in [0, 0.1) is 0 Å². The van der Waals surface area contributed by atoms with Gasteiger partial charge in [-0.2, -0.15) is 0 Å². The van der Waals surface area contributed by atoms with E-state index in [2.05, 4.69) is 0 Å². The average molecular weight is 418 g/mol. The fraction of sp³-hybridized carbons (Fsp3) is 0.778. The van der Waals surface area contributed by atoms with Crippen LogP contribution in [0.4, 0.5) is 0 Å². The van der Waals surface area contributed by atoms with Gasteiger partial charge in [0.25, 0.3) is 0 Å². The molecule has 0 heterocycles. The molecule has 4 N–H and O–H groups in total. The van der Waals surface area contributed by atoms with Gasteiger partial charge in [-0.3, -0.25) is 9.59 Å². The zero-order chi connectivity index (χ0) is 20.2. The number of hydrogen-bond donors (Lipinski definition) is 2. The molecule has 0 rings (SSSR count). The van der Waals surface area contributed by atoms with Gasteiger partial charge in [-0.05, 0) is 38.5 Å². The molecule has 0 aliphatic rings. The van der Waals surface area contributed by atoms with E-state index in [0.717, 1.165) is 51.4 Å². The van der Waals surface area contributed by atoms with Gasteiger partial charge in [-0.25, -0.2) is 0 Å². The van der Waals surface area contributed by atoms with Crippen molar-refractivity contribution in [2.45, 2.75) is 89.9 Å². The summed E-state index contributed by atoms with van der Waals surface area (Å²) in [6.45, 7) is 0. The van der Waals surface area contributed by atoms with Gasteiger partial charge in [0, 0.05) is 24.8 Å². The van der Waals surface area contributed by atoms with E-state index in [1.807, 2.05) is 0 Å². The van der Waals surface area contributed by atoms with Crippen LogP contribution in [0.1, 0.15) is 89.9 Å². The fourth-order valence-corrected chi connectivity index (χ4v) is 2.20. The van der Waals surface area contributed by atoms with Crippen molar-refractivity contribution in [3.63, 3.8) is 0 Å². The molecular formula is C18H32N2Na2O6. The number of primary amides is 2. The molecule has 0 fully saturated rings. The van der Waals surface area contributed by atoms with Gasteiger partial charge in [0.1, 0.15) is 0 Å². The van der Waals surface area contributed by atoms with Gasteiger partial charge in [-0.1, -0.05) is 38.5 Å². The van der Waals surface area contributed by atoms with Crippen molar-refractivity contribution in [1.82, 2.24) is 0 Å². The van der Waals surface area contributed by atoms with Crippen LogP contribution in [0.3, 0.4) is 0 Å². The SMILES string of the molecule is NC(=O)CCCCCCCC(=O)[O-].NC(=O)CCCCCCCC(=O)[O-].[Na+].[Na+]. The molecule has 0 spiro atoms. The largest absolute Gasteiger partial charge is 1.00 e. The van der Waals surface area contributed by atoms with E-state index in [-0.39, 0.29) is 83.8 Å². The summed E-state index contributed by atoms with van der Waals surface area (Å²) in [5, 5.41) is 20.0. The molecule has 0 saturated carbocycles. The topological polar surface area (TPSA) is 166 Å². The van der Waals surface area contributed by atoms with Crippen molar-refractivity contribution in [2.75, 3.05) is 0 Å². The molecule has 0 saturated heterocycles. The minimum absolute atomic E-state index is 0. The van der Waals surface area contributed by atoms with E-state index in [0.29, 0.717) is 25.7 Å². The number of unbranched alkanes of at least 4 members (excludes halogenated alkanes) is 8. The van der Waals surface area contributed by atoms with Crippen molar-refractivity contribution in [3.8, 4) is 0 Å². The summed E-state index contributed by atoms with van der Waals surface area (Å²) in [6, 6.07) is 0. The number of amides is 2. The number of rotatable bonds is 16. The second-order valence-corrected chi connectivity index (χ2v) is 6.21. The molecule has 28 heavy (non-hydrogen) atoms. The Morgan fingerprint density at radius 3 is 0.893 bits per heavy atom. The summed E-state index contributed by atoms with van der Waals surface area (Å²) >= 11 is 0. The number of carbonyl (C=O) groups excluding carboxylic acids is 4. The predicted molar refractivity (Wildman–Crippen MR) is 93.0 cm³/mol. The van der Waals surface area contributed by atoms with E-state index >= 15 is 0 Å². The molecule has 0 radical (unpaired) electrons. The smallest absolute Gasteiger partial charge is 0.550 e. The molecule has 0 atom stereocenters. The van der Waals surface area contributed by atoms with Gasteiger partial charge < -0.3 is 31.3 Å². The first kappa shape index (κ1) is 35.3. The van der Waals surface area contributed by atoms with Crippen LogP contribution in [0.15, 0.2) is 0 Å². The monoisotopic (exact) mass is 418 g/mol. The van der Waals surface area contributed by atoms with E-state index in [4.69, 9.17) is 11.5 Å². The molecule has 0 aromatic rings. The first-order valence-corrected chi connectivity index (χ1v) is 9.22. The third-order valence-electron chi connectivity index (χ3n) is 3.61. The maximum atomic E-state index is 10.3. The van der Waals surface area contributed by atoms with Crippen LogP contribution in [-0.2, 0) is 19.2 Å². The summed E-state index contributed by atoms with van der Waals surface area (Å²) in [5.74, 6) is -2.52. The molecular weight excluding hydrogens is 386 g/mol. The van der Waals surface area contributed by atoms with Crippen LogP contribution < -0.4 is 80.8 Å². The van der Waals surface area contributed by atoms with E-state index in [9.17, 15) is 29.4 Å². The first-order chi connectivity index (χ1) is 12.3. The van der Waals surface area contributed by atoms with Crippen LogP contribution >= 0.6 is 0 Å². The number of carboxylic acid groups (broad SMARTS) is 2. The molecule has 0 aliphatic carbocycles. The van der Waals surface area contributed by atoms with Gasteiger partial charge in [0.05, 0.1) is 0 Å². The number of aliphatic carboxylic acids is 2. The number of carboxylic acids is 2. The maximum Gasteiger partial charge on any atom is 1.00 e. The summed E-state index contributed by atoms with van der Waals surface area (Å²) in [4.78, 5) is 40.6. The summed E-state index contributed by atoms with van der Waals surface area (Å²) < 4.78 is 0. The molecule has 0 bridgehead atoms. The van der Waals surface area contributed by atoms with E-state index in [1.54, 1.807) is 0 Å². The second-order valence-electron chi connectivity index (χ2n) is 6.21. The standard InChI is InChI=1S/2C9H17NO3.2Na/c2*10-8(11)6-4-2-1-3-5-7-9(12)13;;/h2*1-7H2,(H2,10,11)(H,12,13);;/q;;2*+1/p-2. The normalized spacial score (nSPS) is 9.14. The first-order valence-electron chi connectivity index (χ1n) is 9.22. The average Bonchev–Trinajstić information content (AvgIpc) is 2.52.